The molecule has 4 nitrogen and oxygen atoms in total. The van der Waals surface area contributed by atoms with Gasteiger partial charge in [0.15, 0.2) is 0 Å². The minimum absolute atomic E-state index is 0.0696. The number of hydrogen-bond acceptors (Lipinski definition) is 3. The fourth-order valence-electron chi connectivity index (χ4n) is 6.16. The van der Waals surface area contributed by atoms with Crippen LogP contribution >= 0.6 is 0 Å². The first kappa shape index (κ1) is 43.1. The van der Waals surface area contributed by atoms with Crippen molar-refractivity contribution in [2.75, 3.05) is 6.61 Å². The van der Waals surface area contributed by atoms with Crippen molar-refractivity contribution < 1.29 is 15.0 Å². The van der Waals surface area contributed by atoms with Crippen LogP contribution in [-0.4, -0.2) is 34.9 Å². The summed E-state index contributed by atoms with van der Waals surface area (Å²) in [5, 5.41) is 22.5. The largest absolute Gasteiger partial charge is 0.394 e. The molecule has 0 aliphatic rings. The molecule has 4 heteroatoms. The number of carbonyl (C=O) groups excluding carboxylic acids is 1. The molecule has 0 aliphatic carbocycles. The molecule has 0 aromatic rings. The Morgan fingerprint density at radius 3 is 1.16 bits per heavy atom. The Labute approximate surface area is 276 Å². The molecule has 0 bridgehead atoms. The van der Waals surface area contributed by atoms with Gasteiger partial charge in [-0.3, -0.25) is 4.79 Å². The highest BCUT2D eigenvalue weighted by molar-refractivity contribution is 5.76. The molecule has 44 heavy (non-hydrogen) atoms. The number of amides is 1. The maximum Gasteiger partial charge on any atom is 0.220 e. The van der Waals surface area contributed by atoms with Gasteiger partial charge in [-0.25, -0.2) is 0 Å². The quantitative estimate of drug-likeness (QED) is 0.0481. The van der Waals surface area contributed by atoms with E-state index in [4.69, 9.17) is 0 Å². The lowest BCUT2D eigenvalue weighted by Crippen LogP contribution is -2.45. The van der Waals surface area contributed by atoms with E-state index >= 15 is 0 Å². The number of carbonyl (C=O) groups is 1. The van der Waals surface area contributed by atoms with Crippen LogP contribution in [0.15, 0.2) is 12.2 Å². The van der Waals surface area contributed by atoms with Crippen LogP contribution in [0.3, 0.4) is 0 Å². The number of nitrogens with one attached hydrogen (secondary N) is 1. The van der Waals surface area contributed by atoms with Gasteiger partial charge in [-0.05, 0) is 12.8 Å². The predicted octanol–water partition coefficient (Wildman–Crippen LogP) is 11.9. The van der Waals surface area contributed by atoms with Crippen molar-refractivity contribution in [2.45, 2.75) is 231 Å². The Balaban J connectivity index is 3.30. The second kappa shape index (κ2) is 36.6. The van der Waals surface area contributed by atoms with Crippen molar-refractivity contribution in [1.82, 2.24) is 5.32 Å². The topological polar surface area (TPSA) is 69.6 Å². The van der Waals surface area contributed by atoms with Gasteiger partial charge in [-0.15, -0.1) is 0 Å². The van der Waals surface area contributed by atoms with E-state index in [1.807, 2.05) is 6.08 Å². The van der Waals surface area contributed by atoms with Crippen molar-refractivity contribution >= 4 is 5.91 Å². The fraction of sp³-hybridized carbons (Fsp3) is 0.925. The van der Waals surface area contributed by atoms with Gasteiger partial charge >= 0.3 is 0 Å². The average Bonchev–Trinajstić information content (AvgIpc) is 3.03. The van der Waals surface area contributed by atoms with Gasteiger partial charge < -0.3 is 15.5 Å². The zero-order valence-electron chi connectivity index (χ0n) is 29.9. The highest BCUT2D eigenvalue weighted by Crippen LogP contribution is 2.16. The van der Waals surface area contributed by atoms with Gasteiger partial charge in [0, 0.05) is 6.42 Å². The van der Waals surface area contributed by atoms with Crippen LogP contribution < -0.4 is 5.32 Å². The van der Waals surface area contributed by atoms with Gasteiger partial charge in [0.25, 0.3) is 0 Å². The average molecular weight is 622 g/mol. The van der Waals surface area contributed by atoms with Crippen LogP contribution in [0.4, 0.5) is 0 Å². The van der Waals surface area contributed by atoms with Crippen molar-refractivity contribution in [3.05, 3.63) is 12.2 Å². The highest BCUT2D eigenvalue weighted by atomic mass is 16.3. The molecule has 0 spiro atoms. The van der Waals surface area contributed by atoms with E-state index in [1.54, 1.807) is 6.08 Å². The van der Waals surface area contributed by atoms with Crippen LogP contribution in [0.1, 0.15) is 219 Å². The maximum atomic E-state index is 12.2. The Morgan fingerprint density at radius 1 is 0.523 bits per heavy atom. The van der Waals surface area contributed by atoms with Crippen LogP contribution in [0.5, 0.6) is 0 Å². The van der Waals surface area contributed by atoms with Crippen molar-refractivity contribution in [3.63, 3.8) is 0 Å². The third-order valence-corrected chi connectivity index (χ3v) is 9.27. The summed E-state index contributed by atoms with van der Waals surface area (Å²) in [6.45, 7) is 4.18. The summed E-state index contributed by atoms with van der Waals surface area (Å²) >= 11 is 0. The molecule has 0 saturated heterocycles. The van der Waals surface area contributed by atoms with Crippen molar-refractivity contribution in [1.29, 1.82) is 0 Å². The molecule has 2 atom stereocenters. The molecule has 0 fully saturated rings. The molecule has 0 aromatic carbocycles. The zero-order chi connectivity index (χ0) is 32.2. The monoisotopic (exact) mass is 622 g/mol. The standard InChI is InChI=1S/C40H79NO3/c1-3-5-7-9-10-11-12-13-14-15-16-17-18-19-20-21-22-23-24-25-26-27-28-29-30-31-32-34-36-40(44)41-38(37-42)39(43)35-33-8-6-4-2/h33,35,38-39,42-43H,3-32,34,36-37H2,1-2H3,(H,41,44)/b35-33+. The zero-order valence-corrected chi connectivity index (χ0v) is 29.9. The summed E-state index contributed by atoms with van der Waals surface area (Å²) in [4.78, 5) is 12.2. The number of allylic oxidation sites excluding steroid dienone is 1. The molecule has 0 saturated carbocycles. The minimum atomic E-state index is -0.829. The number of rotatable bonds is 36. The summed E-state index contributed by atoms with van der Waals surface area (Å²) in [5.41, 5.74) is 0. The first-order chi connectivity index (χ1) is 21.7. The first-order valence-corrected chi connectivity index (χ1v) is 19.9. The normalized spacial score (nSPS) is 13.1. The Kier molecular flexibility index (Phi) is 35.9. The second-order valence-corrected chi connectivity index (χ2v) is 13.7. The lowest BCUT2D eigenvalue weighted by Gasteiger charge is -2.19. The smallest absolute Gasteiger partial charge is 0.220 e. The lowest BCUT2D eigenvalue weighted by atomic mass is 10.0. The van der Waals surface area contributed by atoms with Crippen molar-refractivity contribution in [3.8, 4) is 0 Å². The summed E-state index contributed by atoms with van der Waals surface area (Å²) < 4.78 is 0. The number of aliphatic hydroxyl groups is 2. The second-order valence-electron chi connectivity index (χ2n) is 13.7. The minimum Gasteiger partial charge on any atom is -0.394 e. The molecule has 1 amide bonds. The summed E-state index contributed by atoms with van der Waals surface area (Å²) in [7, 11) is 0. The van der Waals surface area contributed by atoms with Gasteiger partial charge in [0.1, 0.15) is 0 Å². The molecule has 0 radical (unpaired) electrons. The predicted molar refractivity (Wildman–Crippen MR) is 193 cm³/mol. The van der Waals surface area contributed by atoms with Gasteiger partial charge in [0.2, 0.25) is 5.91 Å². The molecule has 0 heterocycles. The van der Waals surface area contributed by atoms with Crippen molar-refractivity contribution in [2.24, 2.45) is 0 Å². The van der Waals surface area contributed by atoms with E-state index in [2.05, 4.69) is 19.2 Å². The third-order valence-electron chi connectivity index (χ3n) is 9.27. The van der Waals surface area contributed by atoms with Crippen LogP contribution in [-0.2, 0) is 4.79 Å². The Hall–Kier alpha value is -0.870. The molecular weight excluding hydrogens is 542 g/mol. The summed E-state index contributed by atoms with van der Waals surface area (Å²) in [6, 6.07) is -0.612. The number of unbranched alkanes of at least 4 members (excludes halogenated alkanes) is 29. The molecular formula is C40H79NO3. The van der Waals surface area contributed by atoms with Crippen LogP contribution in [0.2, 0.25) is 0 Å². The Bertz CT molecular complexity index is 593. The van der Waals surface area contributed by atoms with Gasteiger partial charge in [0.05, 0.1) is 18.8 Å². The van der Waals surface area contributed by atoms with E-state index in [0.717, 1.165) is 32.1 Å². The first-order valence-electron chi connectivity index (χ1n) is 19.9. The van der Waals surface area contributed by atoms with Crippen LogP contribution in [0, 0.1) is 0 Å². The molecule has 2 unspecified atom stereocenters. The van der Waals surface area contributed by atoms with E-state index in [-0.39, 0.29) is 12.5 Å². The van der Waals surface area contributed by atoms with Gasteiger partial charge in [-0.1, -0.05) is 212 Å². The number of aliphatic hydroxyl groups excluding tert-OH is 2. The van der Waals surface area contributed by atoms with E-state index < -0.39 is 12.1 Å². The molecule has 0 aromatic heterocycles. The highest BCUT2D eigenvalue weighted by Gasteiger charge is 2.17. The molecule has 262 valence electrons. The summed E-state index contributed by atoms with van der Waals surface area (Å²) in [5.74, 6) is -0.0696. The maximum absolute atomic E-state index is 12.2. The molecule has 3 N–H and O–H groups in total. The lowest BCUT2D eigenvalue weighted by molar-refractivity contribution is -0.123. The number of hydrogen-bond donors (Lipinski definition) is 3. The summed E-state index contributed by atoms with van der Waals surface area (Å²) in [6.07, 6.45) is 45.2. The molecule has 0 aliphatic heterocycles. The van der Waals surface area contributed by atoms with Gasteiger partial charge in [-0.2, -0.15) is 0 Å². The Morgan fingerprint density at radius 2 is 0.841 bits per heavy atom. The third kappa shape index (κ3) is 32.5. The van der Waals surface area contributed by atoms with E-state index in [0.29, 0.717) is 6.42 Å². The van der Waals surface area contributed by atoms with E-state index in [9.17, 15) is 15.0 Å². The molecule has 0 rings (SSSR count). The van der Waals surface area contributed by atoms with E-state index in [1.165, 1.54) is 167 Å². The fourth-order valence-corrected chi connectivity index (χ4v) is 6.16. The SMILES string of the molecule is CCCC/C=C/C(O)C(CO)NC(=O)CCCCCCCCCCCCCCCCCCCCCCCCCCCCCC. The van der Waals surface area contributed by atoms with Crippen LogP contribution in [0.25, 0.3) is 0 Å².